The third-order valence-corrected chi connectivity index (χ3v) is 4.18. The maximum absolute atomic E-state index is 12.5. The molecule has 2 heterocycles. The molecular weight excluding hydrogens is 313 g/mol. The molecule has 0 N–H and O–H groups in total. The van der Waals surface area contributed by atoms with E-state index in [4.69, 9.17) is 23.2 Å². The van der Waals surface area contributed by atoms with E-state index in [0.717, 1.165) is 0 Å². The topological polar surface area (TPSA) is 47.2 Å². The number of amides is 1. The van der Waals surface area contributed by atoms with Gasteiger partial charge in [-0.2, -0.15) is 0 Å². The van der Waals surface area contributed by atoms with Crippen LogP contribution >= 0.6 is 23.2 Å². The summed E-state index contributed by atoms with van der Waals surface area (Å²) in [6, 6.07) is 4.57. The van der Waals surface area contributed by atoms with Crippen LogP contribution in [0.5, 0.6) is 0 Å². The maximum atomic E-state index is 12.5. The molecule has 0 aliphatic heterocycles. The van der Waals surface area contributed by atoms with Crippen LogP contribution < -0.4 is 10.5 Å². The molecule has 0 aliphatic carbocycles. The van der Waals surface area contributed by atoms with Crippen molar-refractivity contribution in [1.29, 1.82) is 0 Å². The molecule has 0 radical (unpaired) electrons. The predicted octanol–water partition coefficient (Wildman–Crippen LogP) is 2.79. The van der Waals surface area contributed by atoms with Crippen LogP contribution in [0.25, 0.3) is 0 Å². The van der Waals surface area contributed by atoms with E-state index in [-0.39, 0.29) is 11.5 Å². The van der Waals surface area contributed by atoms with Gasteiger partial charge in [0.1, 0.15) is 10.8 Å². The van der Waals surface area contributed by atoms with Crippen LogP contribution in [0.2, 0.25) is 10.2 Å². The van der Waals surface area contributed by atoms with Crippen LogP contribution in [0.3, 0.4) is 0 Å². The van der Waals surface area contributed by atoms with Gasteiger partial charge in [0.25, 0.3) is 11.5 Å². The number of anilines is 1. The number of hydrogen-bond donors (Lipinski definition) is 0. The number of aryl methyl sites for hydroxylation is 1. The number of rotatable bonds is 3. The van der Waals surface area contributed by atoms with Crippen molar-refractivity contribution in [3.05, 3.63) is 50.6 Å². The number of carbonyl (C=O) groups excluding carboxylic acids is 1. The van der Waals surface area contributed by atoms with E-state index in [1.807, 2.05) is 6.92 Å². The number of halogens is 2. The Kier molecular flexibility index (Phi) is 4.44. The Morgan fingerprint density at radius 2 is 2.00 bits per heavy atom. The van der Waals surface area contributed by atoms with Crippen LogP contribution in [0.15, 0.2) is 29.2 Å². The van der Waals surface area contributed by atoms with Crippen molar-refractivity contribution in [2.45, 2.75) is 13.5 Å². The second-order valence-electron chi connectivity index (χ2n) is 4.60. The molecule has 0 saturated carbocycles. The summed E-state index contributed by atoms with van der Waals surface area (Å²) in [6.07, 6.45) is 1.65. The molecule has 0 unspecified atom stereocenters. The zero-order chi connectivity index (χ0) is 15.7. The lowest BCUT2D eigenvalue weighted by Crippen LogP contribution is -2.29. The molecule has 2 rings (SSSR count). The third kappa shape index (κ3) is 2.84. The van der Waals surface area contributed by atoms with Crippen molar-refractivity contribution in [3.8, 4) is 0 Å². The first kappa shape index (κ1) is 15.7. The van der Waals surface area contributed by atoms with E-state index >= 15 is 0 Å². The van der Waals surface area contributed by atoms with Crippen molar-refractivity contribution >= 4 is 34.8 Å². The minimum atomic E-state index is -0.257. The molecule has 112 valence electrons. The van der Waals surface area contributed by atoms with E-state index in [0.29, 0.717) is 28.1 Å². The minimum Gasteiger partial charge on any atom is -0.329 e. The average Bonchev–Trinajstić information content (AvgIpc) is 2.74. The van der Waals surface area contributed by atoms with Crippen LogP contribution in [-0.4, -0.2) is 22.1 Å². The van der Waals surface area contributed by atoms with Crippen molar-refractivity contribution in [3.63, 3.8) is 0 Å². The molecule has 2 aromatic heterocycles. The molecule has 5 nitrogen and oxygen atoms in total. The summed E-state index contributed by atoms with van der Waals surface area (Å²) in [5, 5.41) is 0.640. The second kappa shape index (κ2) is 5.95. The van der Waals surface area contributed by atoms with E-state index in [1.54, 1.807) is 26.4 Å². The molecule has 0 saturated heterocycles. The van der Waals surface area contributed by atoms with E-state index in [9.17, 15) is 9.59 Å². The summed E-state index contributed by atoms with van der Waals surface area (Å²) >= 11 is 11.9. The fraction of sp³-hybridized carbons (Fsp3) is 0.286. The van der Waals surface area contributed by atoms with Crippen LogP contribution in [-0.2, 0) is 13.6 Å². The lowest BCUT2D eigenvalue weighted by Gasteiger charge is -2.18. The number of carbonyl (C=O) groups is 1. The summed E-state index contributed by atoms with van der Waals surface area (Å²) in [4.78, 5) is 25.6. The monoisotopic (exact) mass is 327 g/mol. The Morgan fingerprint density at radius 3 is 2.52 bits per heavy atom. The lowest BCUT2D eigenvalue weighted by molar-refractivity contribution is 0.0985. The van der Waals surface area contributed by atoms with Gasteiger partial charge in [0.15, 0.2) is 0 Å². The molecule has 2 aromatic rings. The highest BCUT2D eigenvalue weighted by molar-refractivity contribution is 6.42. The number of nitrogens with zero attached hydrogens (tertiary/aromatic N) is 3. The van der Waals surface area contributed by atoms with Crippen LogP contribution in [0.1, 0.15) is 17.4 Å². The van der Waals surface area contributed by atoms with Gasteiger partial charge in [-0.25, -0.2) is 0 Å². The minimum absolute atomic E-state index is 0.105. The Morgan fingerprint density at radius 1 is 1.33 bits per heavy atom. The molecular formula is C14H15Cl2N3O2. The Bertz CT molecular complexity index is 749. The molecule has 0 atom stereocenters. The Balaban J connectivity index is 2.39. The molecule has 21 heavy (non-hydrogen) atoms. The highest BCUT2D eigenvalue weighted by atomic mass is 35.5. The van der Waals surface area contributed by atoms with Gasteiger partial charge in [0, 0.05) is 32.9 Å². The second-order valence-corrected chi connectivity index (χ2v) is 5.37. The summed E-state index contributed by atoms with van der Waals surface area (Å²) < 4.78 is 3.06. The zero-order valence-electron chi connectivity index (χ0n) is 11.9. The fourth-order valence-electron chi connectivity index (χ4n) is 2.00. The Labute approximate surface area is 132 Å². The van der Waals surface area contributed by atoms with Crippen molar-refractivity contribution in [1.82, 2.24) is 9.13 Å². The highest BCUT2D eigenvalue weighted by Gasteiger charge is 2.20. The molecule has 0 aliphatic rings. The largest absolute Gasteiger partial charge is 0.329 e. The first-order chi connectivity index (χ1) is 9.86. The molecule has 7 heteroatoms. The number of aromatic nitrogens is 2. The smallest absolute Gasteiger partial charge is 0.274 e. The van der Waals surface area contributed by atoms with Gasteiger partial charge in [0.2, 0.25) is 0 Å². The van der Waals surface area contributed by atoms with E-state index < -0.39 is 0 Å². The van der Waals surface area contributed by atoms with Gasteiger partial charge >= 0.3 is 0 Å². The summed E-state index contributed by atoms with van der Waals surface area (Å²) in [5.74, 6) is -0.257. The number of pyridine rings is 1. The van der Waals surface area contributed by atoms with Gasteiger partial charge in [-0.3, -0.25) is 9.59 Å². The van der Waals surface area contributed by atoms with Gasteiger partial charge in [-0.15, -0.1) is 0 Å². The lowest BCUT2D eigenvalue weighted by atomic mass is 10.3. The quantitative estimate of drug-likeness (QED) is 0.870. The van der Waals surface area contributed by atoms with Crippen molar-refractivity contribution in [2.75, 3.05) is 11.9 Å². The molecule has 0 bridgehead atoms. The first-order valence-corrected chi connectivity index (χ1v) is 7.11. The first-order valence-electron chi connectivity index (χ1n) is 6.36. The molecule has 0 aromatic carbocycles. The van der Waals surface area contributed by atoms with Crippen LogP contribution in [0, 0.1) is 0 Å². The van der Waals surface area contributed by atoms with Gasteiger partial charge < -0.3 is 14.0 Å². The summed E-state index contributed by atoms with van der Waals surface area (Å²) in [6.45, 7) is 2.40. The molecule has 0 fully saturated rings. The van der Waals surface area contributed by atoms with Crippen LogP contribution in [0.4, 0.5) is 5.69 Å². The average molecular weight is 328 g/mol. The molecule has 1 amide bonds. The third-order valence-electron chi connectivity index (χ3n) is 3.34. The fourth-order valence-corrected chi connectivity index (χ4v) is 2.38. The van der Waals surface area contributed by atoms with Crippen molar-refractivity contribution < 1.29 is 4.79 Å². The SMILES string of the molecule is CCn1cc(N(C)C(=O)c2cc(Cl)c(Cl)n2C)ccc1=O. The molecule has 0 spiro atoms. The summed E-state index contributed by atoms with van der Waals surface area (Å²) in [7, 11) is 3.30. The summed E-state index contributed by atoms with van der Waals surface area (Å²) in [5.41, 5.74) is 0.892. The van der Waals surface area contributed by atoms with Gasteiger partial charge in [-0.1, -0.05) is 23.2 Å². The highest BCUT2D eigenvalue weighted by Crippen LogP contribution is 2.26. The predicted molar refractivity (Wildman–Crippen MR) is 84.5 cm³/mol. The van der Waals surface area contributed by atoms with Gasteiger partial charge in [0.05, 0.1) is 10.7 Å². The zero-order valence-corrected chi connectivity index (χ0v) is 13.4. The number of hydrogen-bond acceptors (Lipinski definition) is 2. The Hall–Kier alpha value is -1.72. The normalized spacial score (nSPS) is 10.7. The van der Waals surface area contributed by atoms with Crippen molar-refractivity contribution in [2.24, 2.45) is 7.05 Å². The van der Waals surface area contributed by atoms with E-state index in [2.05, 4.69) is 0 Å². The van der Waals surface area contributed by atoms with E-state index in [1.165, 1.54) is 26.2 Å². The van der Waals surface area contributed by atoms with Gasteiger partial charge in [-0.05, 0) is 19.1 Å². The standard InChI is InChI=1S/C14H15Cl2N3O2/c1-4-19-8-9(5-6-12(19)20)17(2)14(21)11-7-10(15)13(16)18(11)3/h5-8H,4H2,1-3H3. The maximum Gasteiger partial charge on any atom is 0.274 e.